The van der Waals surface area contributed by atoms with Crippen LogP contribution in [0.2, 0.25) is 0 Å². The van der Waals surface area contributed by atoms with Gasteiger partial charge in [0.2, 0.25) is 0 Å². The fourth-order valence-electron chi connectivity index (χ4n) is 5.30. The number of guanidine groups is 1. The zero-order chi connectivity index (χ0) is 18.7. The van der Waals surface area contributed by atoms with Crippen LogP contribution in [0.15, 0.2) is 4.99 Å². The largest absolute Gasteiger partial charge is 0.388 e. The Labute approximate surface area is 149 Å². The summed E-state index contributed by atoms with van der Waals surface area (Å²) in [5, 5.41) is 35.7. The van der Waals surface area contributed by atoms with Crippen molar-refractivity contribution in [2.75, 3.05) is 13.7 Å². The van der Waals surface area contributed by atoms with Gasteiger partial charge in [-0.15, -0.1) is 0 Å². The fourth-order valence-corrected chi connectivity index (χ4v) is 5.30. The minimum Gasteiger partial charge on any atom is -0.388 e. The molecule has 146 valence electrons. The summed E-state index contributed by atoms with van der Waals surface area (Å²) in [6, 6.07) is 0. The van der Waals surface area contributed by atoms with Crippen molar-refractivity contribution in [3.63, 3.8) is 0 Å². The van der Waals surface area contributed by atoms with Gasteiger partial charge in [0.05, 0.1) is 12.5 Å². The third kappa shape index (κ3) is 1.69. The summed E-state index contributed by atoms with van der Waals surface area (Å²) in [4.78, 5) is 4.22. The van der Waals surface area contributed by atoms with E-state index in [2.05, 4.69) is 10.3 Å². The molecule has 11 nitrogen and oxygen atoms in total. The Balaban J connectivity index is 1.71. The van der Waals surface area contributed by atoms with Crippen LogP contribution in [0, 0.1) is 5.92 Å². The summed E-state index contributed by atoms with van der Waals surface area (Å²) in [7, 11) is 1.44. The first-order chi connectivity index (χ1) is 12.1. The zero-order valence-electron chi connectivity index (χ0n) is 14.6. The number of methoxy groups -OCH3 is 1. The van der Waals surface area contributed by atoms with Gasteiger partial charge in [-0.3, -0.25) is 0 Å². The molecule has 9 atom stereocenters. The van der Waals surface area contributed by atoms with E-state index in [0.29, 0.717) is 0 Å². The molecule has 2 spiro atoms. The SMILES string of the molecule is CO[C@H]1N=C(N)N[C@]23[C@@H]1[C@H]1O[C@](O)(O[C@@H]([C@@H]2O)[C@]12COC(C)(C)O2)[C@H]3O. The number of hydrogen-bond donors (Lipinski definition) is 5. The number of aliphatic imine (C=N–C) groups is 1. The van der Waals surface area contributed by atoms with E-state index in [0.717, 1.165) is 0 Å². The van der Waals surface area contributed by atoms with Gasteiger partial charge in [0, 0.05) is 7.11 Å². The Morgan fingerprint density at radius 1 is 1.27 bits per heavy atom. The molecule has 26 heavy (non-hydrogen) atoms. The highest BCUT2D eigenvalue weighted by Crippen LogP contribution is 2.61. The van der Waals surface area contributed by atoms with E-state index in [4.69, 9.17) is 29.4 Å². The molecule has 5 fully saturated rings. The van der Waals surface area contributed by atoms with Gasteiger partial charge in [-0.1, -0.05) is 0 Å². The molecular weight excluding hydrogens is 350 g/mol. The van der Waals surface area contributed by atoms with Crippen molar-refractivity contribution in [2.45, 2.75) is 67.4 Å². The Hall–Kier alpha value is -1.05. The molecule has 6 N–H and O–H groups in total. The van der Waals surface area contributed by atoms with Crippen molar-refractivity contribution in [3.05, 3.63) is 0 Å². The lowest BCUT2D eigenvalue weighted by Crippen LogP contribution is -2.95. The maximum atomic E-state index is 11.2. The quantitative estimate of drug-likeness (QED) is 0.319. The highest BCUT2D eigenvalue weighted by atomic mass is 16.9. The highest BCUT2D eigenvalue weighted by molar-refractivity contribution is 5.80. The monoisotopic (exact) mass is 373 g/mol. The minimum atomic E-state index is -2.32. The van der Waals surface area contributed by atoms with Crippen LogP contribution in [0.3, 0.4) is 0 Å². The van der Waals surface area contributed by atoms with Crippen molar-refractivity contribution in [3.8, 4) is 0 Å². The lowest BCUT2D eigenvalue weighted by Gasteiger charge is -2.71. The number of nitrogens with zero attached hydrogens (tertiary/aromatic N) is 1. The van der Waals surface area contributed by atoms with Gasteiger partial charge in [0.1, 0.15) is 23.9 Å². The Morgan fingerprint density at radius 3 is 2.58 bits per heavy atom. The number of hydrogen-bond acceptors (Lipinski definition) is 11. The fraction of sp³-hybridized carbons (Fsp3) is 0.933. The van der Waals surface area contributed by atoms with Gasteiger partial charge in [-0.05, 0) is 13.8 Å². The van der Waals surface area contributed by atoms with Crippen LogP contribution >= 0.6 is 0 Å². The summed E-state index contributed by atoms with van der Waals surface area (Å²) < 4.78 is 28.7. The standard InChI is InChI=1S/C15H23N3O8/c1-12(2)23-4-13(26-12)7-5-9(22-3)17-11(16)18-14(5)6(19)8(13)25-15(21,24-7)10(14)20/h5-10,19-21H,4H2,1-3H3,(H3,16,17,18)/t5-,6+,7-,8+,9-,10+,13+,14-,15+/m1/s1. The van der Waals surface area contributed by atoms with E-state index in [1.165, 1.54) is 7.11 Å². The first-order valence-corrected chi connectivity index (χ1v) is 8.52. The molecule has 0 amide bonds. The van der Waals surface area contributed by atoms with Gasteiger partial charge >= 0.3 is 5.97 Å². The molecule has 1 aliphatic carbocycles. The smallest absolute Gasteiger partial charge is 0.311 e. The molecule has 6 aliphatic rings. The predicted octanol–water partition coefficient (Wildman–Crippen LogP) is -3.07. The number of rotatable bonds is 1. The number of nitrogens with two attached hydrogens (primary N) is 1. The Kier molecular flexibility index (Phi) is 3.07. The number of aliphatic hydroxyl groups is 3. The second kappa shape index (κ2) is 4.67. The lowest BCUT2D eigenvalue weighted by atomic mass is 9.55. The first-order valence-electron chi connectivity index (χ1n) is 8.52. The average Bonchev–Trinajstić information content (AvgIpc) is 2.89. The molecule has 0 aromatic rings. The lowest BCUT2D eigenvalue weighted by molar-refractivity contribution is -0.547. The summed E-state index contributed by atoms with van der Waals surface area (Å²) in [6.07, 6.45) is -5.63. The van der Waals surface area contributed by atoms with Crippen LogP contribution in [0.25, 0.3) is 0 Å². The molecule has 1 saturated carbocycles. The van der Waals surface area contributed by atoms with Crippen molar-refractivity contribution >= 4 is 5.96 Å². The number of nitrogens with one attached hydrogen (secondary N) is 1. The van der Waals surface area contributed by atoms with Crippen LogP contribution in [-0.4, -0.2) is 88.5 Å². The number of ether oxygens (including phenoxy) is 5. The summed E-state index contributed by atoms with van der Waals surface area (Å²) in [5.74, 6) is -4.00. The van der Waals surface area contributed by atoms with E-state index >= 15 is 0 Å². The molecule has 4 bridgehead atoms. The summed E-state index contributed by atoms with van der Waals surface area (Å²) in [5.41, 5.74) is 3.19. The summed E-state index contributed by atoms with van der Waals surface area (Å²) in [6.45, 7) is 3.55. The first kappa shape index (κ1) is 17.1. The van der Waals surface area contributed by atoms with E-state index < -0.39 is 59.5 Å². The van der Waals surface area contributed by atoms with Crippen LogP contribution in [-0.2, 0) is 23.7 Å². The van der Waals surface area contributed by atoms with Crippen LogP contribution < -0.4 is 11.1 Å². The van der Waals surface area contributed by atoms with Gasteiger partial charge in [-0.25, -0.2) is 4.99 Å². The topological polar surface area (TPSA) is 157 Å². The highest BCUT2D eigenvalue weighted by Gasteiger charge is 2.85. The third-order valence-electron chi connectivity index (χ3n) is 6.25. The van der Waals surface area contributed by atoms with Crippen LogP contribution in [0.1, 0.15) is 13.8 Å². The zero-order valence-corrected chi connectivity index (χ0v) is 14.6. The molecule has 5 heterocycles. The van der Waals surface area contributed by atoms with E-state index in [9.17, 15) is 15.3 Å². The third-order valence-corrected chi connectivity index (χ3v) is 6.25. The van der Waals surface area contributed by atoms with E-state index in [-0.39, 0.29) is 12.6 Å². The van der Waals surface area contributed by atoms with Crippen LogP contribution in [0.4, 0.5) is 0 Å². The van der Waals surface area contributed by atoms with Gasteiger partial charge < -0.3 is 50.1 Å². The van der Waals surface area contributed by atoms with Gasteiger partial charge in [0.25, 0.3) is 0 Å². The number of aliphatic hydroxyl groups excluding tert-OH is 2. The molecule has 11 heteroatoms. The van der Waals surface area contributed by atoms with Crippen molar-refractivity contribution in [1.82, 2.24) is 5.32 Å². The predicted molar refractivity (Wildman–Crippen MR) is 82.3 cm³/mol. The molecule has 6 rings (SSSR count). The van der Waals surface area contributed by atoms with E-state index in [1.54, 1.807) is 13.8 Å². The maximum absolute atomic E-state index is 11.2. The van der Waals surface area contributed by atoms with Gasteiger partial charge in [0.15, 0.2) is 29.7 Å². The molecule has 0 aromatic carbocycles. The molecule has 5 aliphatic heterocycles. The Morgan fingerprint density at radius 2 is 1.96 bits per heavy atom. The molecular formula is C15H23N3O8. The van der Waals surface area contributed by atoms with Crippen molar-refractivity contribution < 1.29 is 39.0 Å². The average molecular weight is 373 g/mol. The van der Waals surface area contributed by atoms with Crippen molar-refractivity contribution in [2.24, 2.45) is 16.6 Å². The molecule has 0 unspecified atom stereocenters. The summed E-state index contributed by atoms with van der Waals surface area (Å²) >= 11 is 0. The minimum absolute atomic E-state index is 0.0188. The van der Waals surface area contributed by atoms with Gasteiger partial charge in [-0.2, -0.15) is 0 Å². The maximum Gasteiger partial charge on any atom is 0.311 e. The van der Waals surface area contributed by atoms with Crippen LogP contribution in [0.5, 0.6) is 0 Å². The molecule has 0 aromatic heterocycles. The van der Waals surface area contributed by atoms with Crippen molar-refractivity contribution in [1.29, 1.82) is 0 Å². The molecule has 0 radical (unpaired) electrons. The molecule has 4 saturated heterocycles. The Bertz CT molecular complexity index is 690. The normalized spacial score (nSPS) is 59.2. The second-order valence-corrected chi connectivity index (χ2v) is 8.02. The van der Waals surface area contributed by atoms with E-state index in [1.807, 2.05) is 0 Å². The second-order valence-electron chi connectivity index (χ2n) is 8.02.